The molecule has 1 aliphatic rings. The fraction of sp³-hybridized carbons (Fsp3) is 0.318. The number of likely N-dealkylation sites (tertiary alicyclic amines) is 1. The van der Waals surface area contributed by atoms with Crippen molar-refractivity contribution in [2.24, 2.45) is 0 Å². The Labute approximate surface area is 175 Å². The van der Waals surface area contributed by atoms with Gasteiger partial charge in [0.1, 0.15) is 17.5 Å². The number of aromatic amines is 1. The molecule has 1 fully saturated rings. The summed E-state index contributed by atoms with van der Waals surface area (Å²) >= 11 is 0. The van der Waals surface area contributed by atoms with E-state index in [-0.39, 0.29) is 11.9 Å². The van der Waals surface area contributed by atoms with E-state index in [1.807, 2.05) is 43.0 Å². The summed E-state index contributed by atoms with van der Waals surface area (Å²) in [6.07, 6.45) is 9.55. The number of carbonyl (C=O) groups excluding carboxylic acids is 1. The van der Waals surface area contributed by atoms with Crippen LogP contribution in [0.4, 0.5) is 11.6 Å². The highest BCUT2D eigenvalue weighted by atomic mass is 16.2. The molecule has 1 atom stereocenters. The maximum absolute atomic E-state index is 12.9. The number of nitrogens with one attached hydrogen (secondary N) is 2. The summed E-state index contributed by atoms with van der Waals surface area (Å²) in [5.74, 6) is 2.05. The van der Waals surface area contributed by atoms with E-state index in [4.69, 9.17) is 0 Å². The van der Waals surface area contributed by atoms with Gasteiger partial charge in [-0.15, -0.1) is 0 Å². The fourth-order valence-electron chi connectivity index (χ4n) is 3.69. The normalized spacial score (nSPS) is 16.7. The van der Waals surface area contributed by atoms with Crippen LogP contribution in [0.2, 0.25) is 0 Å². The number of H-pyrrole nitrogens is 1. The topological polar surface area (TPSA) is 99.7 Å². The molecule has 4 rings (SSSR count). The van der Waals surface area contributed by atoms with Crippen molar-refractivity contribution in [3.05, 3.63) is 65.8 Å². The van der Waals surface area contributed by atoms with Crippen LogP contribution in [0.25, 0.3) is 6.08 Å². The molecule has 30 heavy (non-hydrogen) atoms. The van der Waals surface area contributed by atoms with E-state index >= 15 is 0 Å². The third-order valence-corrected chi connectivity index (χ3v) is 5.05. The number of hydrogen-bond acceptors (Lipinski definition) is 6. The van der Waals surface area contributed by atoms with Crippen LogP contribution in [0.3, 0.4) is 0 Å². The molecule has 3 aromatic rings. The lowest BCUT2D eigenvalue weighted by atomic mass is 9.98. The number of nitrogens with zero attached hydrogens (tertiary/aromatic N) is 5. The fourth-order valence-corrected chi connectivity index (χ4v) is 3.69. The second-order valence-corrected chi connectivity index (χ2v) is 7.40. The van der Waals surface area contributed by atoms with Crippen molar-refractivity contribution in [2.75, 3.05) is 11.9 Å². The number of anilines is 2. The van der Waals surface area contributed by atoms with Gasteiger partial charge >= 0.3 is 0 Å². The zero-order valence-electron chi connectivity index (χ0n) is 17.2. The first kappa shape index (κ1) is 19.8. The molecule has 0 aromatic carbocycles. The summed E-state index contributed by atoms with van der Waals surface area (Å²) in [6.45, 7) is 4.53. The van der Waals surface area contributed by atoms with Crippen molar-refractivity contribution in [2.45, 2.75) is 39.2 Å². The lowest BCUT2D eigenvalue weighted by Gasteiger charge is -2.35. The molecule has 4 heterocycles. The average molecular weight is 403 g/mol. The zero-order valence-corrected chi connectivity index (χ0v) is 17.2. The van der Waals surface area contributed by atoms with Gasteiger partial charge in [-0.05, 0) is 51.3 Å². The highest BCUT2D eigenvalue weighted by molar-refractivity contribution is 5.91. The van der Waals surface area contributed by atoms with Crippen molar-refractivity contribution >= 4 is 23.6 Å². The predicted octanol–water partition coefficient (Wildman–Crippen LogP) is 3.72. The number of rotatable bonds is 5. The first-order chi connectivity index (χ1) is 14.6. The number of carbonyl (C=O) groups is 1. The Kier molecular flexibility index (Phi) is 5.83. The van der Waals surface area contributed by atoms with Gasteiger partial charge in [-0.3, -0.25) is 4.79 Å². The van der Waals surface area contributed by atoms with E-state index in [0.29, 0.717) is 18.2 Å². The molecule has 1 saturated heterocycles. The highest BCUT2D eigenvalue weighted by Crippen LogP contribution is 2.31. The van der Waals surface area contributed by atoms with Gasteiger partial charge in [0.05, 0.1) is 30.0 Å². The van der Waals surface area contributed by atoms with E-state index in [1.54, 1.807) is 24.7 Å². The Morgan fingerprint density at radius 3 is 2.90 bits per heavy atom. The van der Waals surface area contributed by atoms with E-state index in [1.165, 1.54) is 0 Å². The molecule has 154 valence electrons. The third kappa shape index (κ3) is 4.71. The van der Waals surface area contributed by atoms with Crippen molar-refractivity contribution < 1.29 is 4.79 Å². The summed E-state index contributed by atoms with van der Waals surface area (Å²) in [5, 5.41) is 3.26. The summed E-state index contributed by atoms with van der Waals surface area (Å²) in [5.41, 5.74) is 2.58. The minimum Gasteiger partial charge on any atom is -0.345 e. The van der Waals surface area contributed by atoms with Crippen LogP contribution in [0.1, 0.15) is 48.2 Å². The Morgan fingerprint density at radius 2 is 2.10 bits per heavy atom. The summed E-state index contributed by atoms with van der Waals surface area (Å²) in [7, 11) is 0. The van der Waals surface area contributed by atoms with Crippen LogP contribution in [-0.2, 0) is 4.79 Å². The first-order valence-corrected chi connectivity index (χ1v) is 10.1. The van der Waals surface area contributed by atoms with Gasteiger partial charge in [0.25, 0.3) is 0 Å². The highest BCUT2D eigenvalue weighted by Gasteiger charge is 2.28. The second-order valence-electron chi connectivity index (χ2n) is 7.40. The Balaban J connectivity index is 1.57. The SMILES string of the molecule is Cc1cccc(Nc2cc(C3CCCCN3C(=O)/C=C/c3cnc[nH]3)nc(C)n2)n1. The molecule has 8 nitrogen and oxygen atoms in total. The summed E-state index contributed by atoms with van der Waals surface area (Å²) in [4.78, 5) is 35.4. The number of amides is 1. The molecular formula is C22H25N7O. The minimum absolute atomic E-state index is 0.0274. The van der Waals surface area contributed by atoms with Gasteiger partial charge in [-0.25, -0.2) is 19.9 Å². The number of aryl methyl sites for hydroxylation is 2. The molecule has 2 N–H and O–H groups in total. The average Bonchev–Trinajstić information content (AvgIpc) is 3.25. The standard InChI is InChI=1S/C22H25N7O/c1-15-6-5-8-20(25-15)28-21-12-18(26-16(2)27-21)19-7-3-4-11-29(19)22(30)10-9-17-13-23-14-24-17/h5-6,8-10,12-14,19H,3-4,7,11H2,1-2H3,(H,23,24)(H,25,26,27,28)/b10-9+. The van der Waals surface area contributed by atoms with Gasteiger partial charge in [0.15, 0.2) is 0 Å². The van der Waals surface area contributed by atoms with Gasteiger partial charge in [0, 0.05) is 24.4 Å². The van der Waals surface area contributed by atoms with E-state index < -0.39 is 0 Å². The molecule has 3 aromatic heterocycles. The first-order valence-electron chi connectivity index (χ1n) is 10.1. The number of imidazole rings is 1. The van der Waals surface area contributed by atoms with Crippen LogP contribution in [0.5, 0.6) is 0 Å². The molecule has 0 saturated carbocycles. The molecular weight excluding hydrogens is 378 g/mol. The van der Waals surface area contributed by atoms with Crippen LogP contribution in [0, 0.1) is 13.8 Å². The number of piperidine rings is 1. The number of hydrogen-bond donors (Lipinski definition) is 2. The third-order valence-electron chi connectivity index (χ3n) is 5.05. The quantitative estimate of drug-likeness (QED) is 0.630. The molecule has 1 unspecified atom stereocenters. The maximum Gasteiger partial charge on any atom is 0.247 e. The van der Waals surface area contributed by atoms with Crippen molar-refractivity contribution in [3.63, 3.8) is 0 Å². The Bertz CT molecular complexity index is 1050. The Morgan fingerprint density at radius 1 is 1.20 bits per heavy atom. The van der Waals surface area contributed by atoms with Crippen molar-refractivity contribution in [1.29, 1.82) is 0 Å². The maximum atomic E-state index is 12.9. The van der Waals surface area contributed by atoms with E-state index in [0.717, 1.165) is 42.2 Å². The smallest absolute Gasteiger partial charge is 0.247 e. The monoisotopic (exact) mass is 403 g/mol. The largest absolute Gasteiger partial charge is 0.345 e. The lowest BCUT2D eigenvalue weighted by Crippen LogP contribution is -2.38. The van der Waals surface area contributed by atoms with E-state index in [9.17, 15) is 4.79 Å². The van der Waals surface area contributed by atoms with Gasteiger partial charge in [0.2, 0.25) is 5.91 Å². The number of aromatic nitrogens is 5. The summed E-state index contributed by atoms with van der Waals surface area (Å²) in [6, 6.07) is 7.65. The van der Waals surface area contributed by atoms with Crippen LogP contribution in [-0.4, -0.2) is 42.3 Å². The van der Waals surface area contributed by atoms with Crippen LogP contribution in [0.15, 0.2) is 42.9 Å². The lowest BCUT2D eigenvalue weighted by molar-refractivity contribution is -0.129. The zero-order chi connectivity index (χ0) is 20.9. The molecule has 1 aliphatic heterocycles. The summed E-state index contributed by atoms with van der Waals surface area (Å²) < 4.78 is 0. The van der Waals surface area contributed by atoms with Crippen LogP contribution >= 0.6 is 0 Å². The Hall–Kier alpha value is -3.55. The van der Waals surface area contributed by atoms with Gasteiger partial charge < -0.3 is 15.2 Å². The van der Waals surface area contributed by atoms with Crippen molar-refractivity contribution in [1.82, 2.24) is 29.8 Å². The van der Waals surface area contributed by atoms with Gasteiger partial charge in [-0.1, -0.05) is 6.07 Å². The second kappa shape index (κ2) is 8.86. The van der Waals surface area contributed by atoms with Crippen molar-refractivity contribution in [3.8, 4) is 0 Å². The molecule has 0 spiro atoms. The molecule has 1 amide bonds. The van der Waals surface area contributed by atoms with Gasteiger partial charge in [-0.2, -0.15) is 0 Å². The number of pyridine rings is 1. The minimum atomic E-state index is -0.0783. The van der Waals surface area contributed by atoms with Crippen LogP contribution < -0.4 is 5.32 Å². The molecule has 8 heteroatoms. The predicted molar refractivity (Wildman–Crippen MR) is 115 cm³/mol. The van der Waals surface area contributed by atoms with E-state index in [2.05, 4.69) is 30.2 Å². The molecule has 0 bridgehead atoms. The molecule has 0 aliphatic carbocycles. The molecule has 0 radical (unpaired) electrons.